The zero-order valence-corrected chi connectivity index (χ0v) is 12.4. The molecule has 0 bridgehead atoms. The van der Waals surface area contributed by atoms with Gasteiger partial charge in [-0.25, -0.2) is 4.39 Å². The van der Waals surface area contributed by atoms with E-state index in [1.165, 1.54) is 30.3 Å². The maximum Gasteiger partial charge on any atom is 0.270 e. The number of anilines is 1. The number of aliphatic hydroxyl groups is 1. The lowest BCUT2D eigenvalue weighted by atomic mass is 10.1. The lowest BCUT2D eigenvalue weighted by molar-refractivity contribution is -0.384. The number of hydrogen-bond donors (Lipinski definition) is 2. The summed E-state index contributed by atoms with van der Waals surface area (Å²) in [5.74, 6) is -0.477. The number of benzene rings is 2. The fourth-order valence-corrected chi connectivity index (χ4v) is 2.33. The number of non-ortho nitro benzene ring substituents is 1. The maximum absolute atomic E-state index is 13.5. The fourth-order valence-electron chi connectivity index (χ4n) is 1.82. The van der Waals surface area contributed by atoms with Gasteiger partial charge in [0, 0.05) is 34.4 Å². The summed E-state index contributed by atoms with van der Waals surface area (Å²) < 4.78 is 14.0. The van der Waals surface area contributed by atoms with Gasteiger partial charge in [0.05, 0.1) is 11.0 Å². The van der Waals surface area contributed by atoms with Crippen molar-refractivity contribution in [1.82, 2.24) is 0 Å². The van der Waals surface area contributed by atoms with Gasteiger partial charge in [0.25, 0.3) is 5.69 Å². The Balaban J connectivity index is 2.06. The monoisotopic (exact) mass is 354 g/mol. The number of nitrogens with one attached hydrogen (secondary N) is 1. The lowest BCUT2D eigenvalue weighted by Gasteiger charge is -2.14. The molecule has 5 nitrogen and oxygen atoms in total. The van der Waals surface area contributed by atoms with E-state index in [2.05, 4.69) is 21.2 Å². The molecule has 0 amide bonds. The zero-order chi connectivity index (χ0) is 15.4. The SMILES string of the molecule is O=[N+]([O-])c1ccc(NCC(O)c2ccccc2F)c(Br)c1. The van der Waals surface area contributed by atoms with Gasteiger partial charge in [-0.05, 0) is 28.1 Å². The molecule has 0 saturated carbocycles. The molecule has 110 valence electrons. The minimum absolute atomic E-state index is 0.0397. The second-order valence-corrected chi connectivity index (χ2v) is 5.19. The van der Waals surface area contributed by atoms with Crippen molar-refractivity contribution in [3.8, 4) is 0 Å². The van der Waals surface area contributed by atoms with Gasteiger partial charge in [0.2, 0.25) is 0 Å². The van der Waals surface area contributed by atoms with Gasteiger partial charge in [0.1, 0.15) is 5.82 Å². The van der Waals surface area contributed by atoms with E-state index >= 15 is 0 Å². The van der Waals surface area contributed by atoms with Crippen molar-refractivity contribution in [2.45, 2.75) is 6.10 Å². The van der Waals surface area contributed by atoms with Crippen molar-refractivity contribution in [1.29, 1.82) is 0 Å². The summed E-state index contributed by atoms with van der Waals surface area (Å²) in [4.78, 5) is 10.1. The van der Waals surface area contributed by atoms with Crippen molar-refractivity contribution < 1.29 is 14.4 Å². The minimum atomic E-state index is -1.02. The molecule has 0 spiro atoms. The van der Waals surface area contributed by atoms with Crippen LogP contribution in [0.3, 0.4) is 0 Å². The third-order valence-corrected chi connectivity index (χ3v) is 3.57. The first-order valence-corrected chi connectivity index (χ1v) is 6.88. The van der Waals surface area contributed by atoms with E-state index in [9.17, 15) is 19.6 Å². The van der Waals surface area contributed by atoms with Gasteiger partial charge in [-0.1, -0.05) is 18.2 Å². The van der Waals surface area contributed by atoms with Gasteiger partial charge in [-0.2, -0.15) is 0 Å². The van der Waals surface area contributed by atoms with Crippen molar-refractivity contribution >= 4 is 27.3 Å². The lowest BCUT2D eigenvalue weighted by Crippen LogP contribution is -2.13. The molecule has 1 unspecified atom stereocenters. The molecule has 2 N–H and O–H groups in total. The minimum Gasteiger partial charge on any atom is -0.386 e. The van der Waals surface area contributed by atoms with Gasteiger partial charge >= 0.3 is 0 Å². The van der Waals surface area contributed by atoms with Gasteiger partial charge in [-0.3, -0.25) is 10.1 Å². The van der Waals surface area contributed by atoms with Gasteiger partial charge < -0.3 is 10.4 Å². The Hall–Kier alpha value is -1.99. The number of halogens is 2. The first-order valence-electron chi connectivity index (χ1n) is 6.09. The summed E-state index contributed by atoms with van der Waals surface area (Å²) in [6, 6.07) is 10.2. The molecule has 0 aliphatic carbocycles. The van der Waals surface area contributed by atoms with Crippen LogP contribution in [-0.4, -0.2) is 16.6 Å². The summed E-state index contributed by atoms with van der Waals surface area (Å²) in [6.45, 7) is 0.0807. The van der Waals surface area contributed by atoms with E-state index in [1.54, 1.807) is 12.1 Å². The summed E-state index contributed by atoms with van der Waals surface area (Å²) in [6.07, 6.45) is -1.02. The molecule has 0 aromatic heterocycles. The Kier molecular flexibility index (Phi) is 4.87. The molecule has 0 aliphatic rings. The highest BCUT2D eigenvalue weighted by atomic mass is 79.9. The second kappa shape index (κ2) is 6.64. The van der Waals surface area contributed by atoms with Crippen molar-refractivity contribution in [3.63, 3.8) is 0 Å². The van der Waals surface area contributed by atoms with Crippen LogP contribution in [0.5, 0.6) is 0 Å². The molecule has 1 atom stereocenters. The molecule has 21 heavy (non-hydrogen) atoms. The van der Waals surface area contributed by atoms with Crippen LogP contribution in [0.1, 0.15) is 11.7 Å². The van der Waals surface area contributed by atoms with Crippen LogP contribution in [0.4, 0.5) is 15.8 Å². The van der Waals surface area contributed by atoms with E-state index in [1.807, 2.05) is 0 Å². The summed E-state index contributed by atoms with van der Waals surface area (Å²) >= 11 is 3.21. The average molecular weight is 355 g/mol. The zero-order valence-electron chi connectivity index (χ0n) is 10.8. The van der Waals surface area contributed by atoms with E-state index < -0.39 is 16.8 Å². The Morgan fingerprint density at radius 3 is 2.67 bits per heavy atom. The predicted octanol–water partition coefficient (Wildman–Crippen LogP) is 3.64. The first kappa shape index (κ1) is 15.4. The summed E-state index contributed by atoms with van der Waals surface area (Å²) in [5, 5.41) is 23.5. The van der Waals surface area contributed by atoms with Crippen molar-refractivity contribution in [2.24, 2.45) is 0 Å². The van der Waals surface area contributed by atoms with Crippen LogP contribution < -0.4 is 5.32 Å². The molecule has 0 radical (unpaired) electrons. The summed E-state index contributed by atoms with van der Waals surface area (Å²) in [5.41, 5.74) is 0.737. The van der Waals surface area contributed by atoms with E-state index in [0.29, 0.717) is 10.2 Å². The molecule has 0 saturated heterocycles. The number of nitro groups is 1. The third-order valence-electron chi connectivity index (χ3n) is 2.91. The Morgan fingerprint density at radius 1 is 1.33 bits per heavy atom. The van der Waals surface area contributed by atoms with Gasteiger partial charge in [-0.15, -0.1) is 0 Å². The Labute approximate surface area is 128 Å². The Morgan fingerprint density at radius 2 is 2.05 bits per heavy atom. The third kappa shape index (κ3) is 3.77. The van der Waals surface area contributed by atoms with E-state index in [-0.39, 0.29) is 17.8 Å². The number of rotatable bonds is 5. The van der Waals surface area contributed by atoms with Crippen LogP contribution in [-0.2, 0) is 0 Å². The molecule has 2 aromatic carbocycles. The average Bonchev–Trinajstić information content (AvgIpc) is 2.46. The highest BCUT2D eigenvalue weighted by Gasteiger charge is 2.13. The molecule has 0 fully saturated rings. The molecule has 0 heterocycles. The van der Waals surface area contributed by atoms with Crippen LogP contribution in [0.2, 0.25) is 0 Å². The predicted molar refractivity (Wildman–Crippen MR) is 80.6 cm³/mol. The van der Waals surface area contributed by atoms with Crippen molar-refractivity contribution in [3.05, 3.63) is 68.4 Å². The molecule has 7 heteroatoms. The van der Waals surface area contributed by atoms with Gasteiger partial charge in [0.15, 0.2) is 0 Å². The standard InChI is InChI=1S/C14H12BrFN2O3/c15-11-7-9(18(20)21)5-6-13(11)17-8-14(19)10-3-1-2-4-12(10)16/h1-7,14,17,19H,8H2. The highest BCUT2D eigenvalue weighted by Crippen LogP contribution is 2.28. The maximum atomic E-state index is 13.5. The van der Waals surface area contributed by atoms with Crippen LogP contribution in [0, 0.1) is 15.9 Å². The number of nitrogens with zero attached hydrogens (tertiary/aromatic N) is 1. The topological polar surface area (TPSA) is 75.4 Å². The second-order valence-electron chi connectivity index (χ2n) is 4.34. The molecule has 2 rings (SSSR count). The number of hydrogen-bond acceptors (Lipinski definition) is 4. The highest BCUT2D eigenvalue weighted by molar-refractivity contribution is 9.10. The first-order chi connectivity index (χ1) is 9.99. The number of aliphatic hydroxyl groups excluding tert-OH is 1. The Bertz CT molecular complexity index is 666. The van der Waals surface area contributed by atoms with Crippen molar-refractivity contribution in [2.75, 3.05) is 11.9 Å². The van der Waals surface area contributed by atoms with Crippen LogP contribution >= 0.6 is 15.9 Å². The quantitative estimate of drug-likeness (QED) is 0.634. The molecule has 0 aliphatic heterocycles. The van der Waals surface area contributed by atoms with Crippen LogP contribution in [0.15, 0.2) is 46.9 Å². The largest absolute Gasteiger partial charge is 0.386 e. The smallest absolute Gasteiger partial charge is 0.270 e. The molecular formula is C14H12BrFN2O3. The molecular weight excluding hydrogens is 343 g/mol. The van der Waals surface area contributed by atoms with E-state index in [4.69, 9.17) is 0 Å². The summed E-state index contributed by atoms with van der Waals surface area (Å²) in [7, 11) is 0. The van der Waals surface area contributed by atoms with Crippen LogP contribution in [0.25, 0.3) is 0 Å². The number of nitro benzene ring substituents is 1. The molecule has 2 aromatic rings. The van der Waals surface area contributed by atoms with E-state index in [0.717, 1.165) is 0 Å². The normalized spacial score (nSPS) is 12.0. The fraction of sp³-hybridized carbons (Fsp3) is 0.143.